The molecule has 0 spiro atoms. The van der Waals surface area contributed by atoms with Crippen LogP contribution in [0.25, 0.3) is 0 Å². The summed E-state index contributed by atoms with van der Waals surface area (Å²) >= 11 is 0. The van der Waals surface area contributed by atoms with Gasteiger partial charge < -0.3 is 20.3 Å². The maximum atomic E-state index is 13.3. The molecule has 2 N–H and O–H groups in total. The first-order valence-electron chi connectivity index (χ1n) is 11.4. The molecule has 0 aliphatic carbocycles. The molecule has 1 fully saturated rings. The van der Waals surface area contributed by atoms with Gasteiger partial charge in [-0.1, -0.05) is 48.5 Å². The first kappa shape index (κ1) is 24.3. The van der Waals surface area contributed by atoms with E-state index < -0.39 is 17.7 Å². The van der Waals surface area contributed by atoms with Crippen molar-refractivity contribution in [2.24, 2.45) is 5.92 Å². The summed E-state index contributed by atoms with van der Waals surface area (Å²) in [6.45, 7) is 6.28. The lowest BCUT2D eigenvalue weighted by Crippen LogP contribution is -2.53. The lowest BCUT2D eigenvalue weighted by Gasteiger charge is -2.34. The molecule has 3 rings (SSSR count). The number of para-hydroxylation sites is 1. The number of nitrogens with one attached hydrogen (secondary N) is 2. The van der Waals surface area contributed by atoms with E-state index in [2.05, 4.69) is 10.6 Å². The standard InChI is InChI=1S/C26H33N3O4/c1-26(2,3)33-25(32)28-22(18-19-10-6-4-7-11-19)24(31)29-16-14-20(15-17-29)23(30)27-21-12-8-5-9-13-21/h4-13,20,22H,14-18H2,1-3H3,(H,27,30)(H,28,32). The topological polar surface area (TPSA) is 87.7 Å². The van der Waals surface area contributed by atoms with Gasteiger partial charge >= 0.3 is 6.09 Å². The van der Waals surface area contributed by atoms with E-state index in [1.165, 1.54) is 0 Å². The van der Waals surface area contributed by atoms with Crippen molar-refractivity contribution in [3.63, 3.8) is 0 Å². The molecular weight excluding hydrogens is 418 g/mol. The van der Waals surface area contributed by atoms with Gasteiger partial charge in [-0.2, -0.15) is 0 Å². The zero-order chi connectivity index (χ0) is 23.8. The maximum absolute atomic E-state index is 13.3. The second-order valence-electron chi connectivity index (χ2n) is 9.34. The predicted molar refractivity (Wildman–Crippen MR) is 128 cm³/mol. The van der Waals surface area contributed by atoms with Crippen molar-refractivity contribution < 1.29 is 19.1 Å². The molecule has 3 amide bonds. The van der Waals surface area contributed by atoms with Crippen LogP contribution in [-0.4, -0.2) is 47.5 Å². The van der Waals surface area contributed by atoms with Crippen molar-refractivity contribution in [1.29, 1.82) is 0 Å². The molecule has 1 aliphatic heterocycles. The van der Waals surface area contributed by atoms with E-state index in [1.54, 1.807) is 25.7 Å². The van der Waals surface area contributed by atoms with Crippen LogP contribution in [0.3, 0.4) is 0 Å². The van der Waals surface area contributed by atoms with Crippen molar-refractivity contribution >= 4 is 23.6 Å². The molecule has 1 unspecified atom stereocenters. The Morgan fingerprint density at radius 3 is 2.12 bits per heavy atom. The van der Waals surface area contributed by atoms with Crippen LogP contribution in [0.2, 0.25) is 0 Å². The first-order valence-corrected chi connectivity index (χ1v) is 11.4. The van der Waals surface area contributed by atoms with Crippen molar-refractivity contribution in [1.82, 2.24) is 10.2 Å². The van der Waals surface area contributed by atoms with Gasteiger partial charge in [0.1, 0.15) is 11.6 Å². The SMILES string of the molecule is CC(C)(C)OC(=O)NC(Cc1ccccc1)C(=O)N1CCC(C(=O)Nc2ccccc2)CC1. The molecule has 0 bridgehead atoms. The Balaban J connectivity index is 1.61. The number of piperidine rings is 1. The molecule has 33 heavy (non-hydrogen) atoms. The summed E-state index contributed by atoms with van der Waals surface area (Å²) in [5.74, 6) is -0.340. The largest absolute Gasteiger partial charge is 0.444 e. The Hall–Kier alpha value is -3.35. The summed E-state index contributed by atoms with van der Waals surface area (Å²) in [6.07, 6.45) is 0.908. The monoisotopic (exact) mass is 451 g/mol. The lowest BCUT2D eigenvalue weighted by atomic mass is 9.94. The number of amides is 3. The molecule has 1 heterocycles. The van der Waals surface area contributed by atoms with E-state index >= 15 is 0 Å². The normalized spacial score (nSPS) is 15.4. The molecule has 0 radical (unpaired) electrons. The van der Waals surface area contributed by atoms with Crippen LogP contribution < -0.4 is 10.6 Å². The zero-order valence-corrected chi connectivity index (χ0v) is 19.5. The fraction of sp³-hybridized carbons (Fsp3) is 0.423. The van der Waals surface area contributed by atoms with E-state index in [0.717, 1.165) is 11.3 Å². The summed E-state index contributed by atoms with van der Waals surface area (Å²) in [7, 11) is 0. The molecule has 2 aromatic rings. The van der Waals surface area contributed by atoms with Crippen LogP contribution in [0.5, 0.6) is 0 Å². The van der Waals surface area contributed by atoms with E-state index in [9.17, 15) is 14.4 Å². The Morgan fingerprint density at radius 2 is 1.55 bits per heavy atom. The van der Waals surface area contributed by atoms with Gasteiger partial charge in [-0.05, 0) is 51.3 Å². The minimum Gasteiger partial charge on any atom is -0.444 e. The molecule has 0 aromatic heterocycles. The van der Waals surface area contributed by atoms with Crippen molar-refractivity contribution in [3.05, 3.63) is 66.2 Å². The molecule has 2 aromatic carbocycles. The van der Waals surface area contributed by atoms with E-state index in [-0.39, 0.29) is 17.7 Å². The summed E-state index contributed by atoms with van der Waals surface area (Å²) in [5, 5.41) is 5.70. The van der Waals surface area contributed by atoms with Crippen molar-refractivity contribution in [3.8, 4) is 0 Å². The average molecular weight is 452 g/mol. The van der Waals surface area contributed by atoms with Crippen LogP contribution >= 0.6 is 0 Å². The number of carbonyl (C=O) groups is 3. The van der Waals surface area contributed by atoms with Gasteiger partial charge in [-0.25, -0.2) is 4.79 Å². The molecule has 1 saturated heterocycles. The Kier molecular flexibility index (Phi) is 8.09. The van der Waals surface area contributed by atoms with Crippen molar-refractivity contribution in [2.75, 3.05) is 18.4 Å². The van der Waals surface area contributed by atoms with E-state index in [0.29, 0.717) is 32.4 Å². The number of alkyl carbamates (subject to hydrolysis) is 1. The van der Waals surface area contributed by atoms with Crippen molar-refractivity contribution in [2.45, 2.75) is 51.7 Å². The smallest absolute Gasteiger partial charge is 0.408 e. The van der Waals surface area contributed by atoms with Crippen LogP contribution in [0.15, 0.2) is 60.7 Å². The summed E-state index contributed by atoms with van der Waals surface area (Å²) in [4.78, 5) is 40.1. The Morgan fingerprint density at radius 1 is 0.970 bits per heavy atom. The number of likely N-dealkylation sites (tertiary alicyclic amines) is 1. The minimum atomic E-state index is -0.739. The first-order chi connectivity index (χ1) is 15.7. The van der Waals surface area contributed by atoms with E-state index in [1.807, 2.05) is 60.7 Å². The fourth-order valence-electron chi connectivity index (χ4n) is 3.85. The Labute approximate surface area is 195 Å². The van der Waals surface area contributed by atoms with Crippen LogP contribution in [0, 0.1) is 5.92 Å². The van der Waals surface area contributed by atoms with Gasteiger partial charge in [0.2, 0.25) is 11.8 Å². The van der Waals surface area contributed by atoms with Gasteiger partial charge in [-0.3, -0.25) is 9.59 Å². The molecular formula is C26H33N3O4. The Bertz CT molecular complexity index is 933. The van der Waals surface area contributed by atoms with Gasteiger partial charge in [0, 0.05) is 31.1 Å². The third kappa shape index (κ3) is 7.63. The van der Waals surface area contributed by atoms with Crippen LogP contribution in [-0.2, 0) is 20.7 Å². The molecule has 1 aliphatic rings. The van der Waals surface area contributed by atoms with Gasteiger partial charge in [0.25, 0.3) is 0 Å². The lowest BCUT2D eigenvalue weighted by molar-refractivity contribution is -0.136. The number of benzene rings is 2. The second-order valence-corrected chi connectivity index (χ2v) is 9.34. The number of ether oxygens (including phenoxy) is 1. The van der Waals surface area contributed by atoms with Crippen LogP contribution in [0.4, 0.5) is 10.5 Å². The minimum absolute atomic E-state index is 0.0268. The predicted octanol–water partition coefficient (Wildman–Crippen LogP) is 4.00. The zero-order valence-electron chi connectivity index (χ0n) is 19.5. The number of hydrogen-bond acceptors (Lipinski definition) is 4. The maximum Gasteiger partial charge on any atom is 0.408 e. The highest BCUT2D eigenvalue weighted by Gasteiger charge is 2.32. The van der Waals surface area contributed by atoms with Gasteiger partial charge in [-0.15, -0.1) is 0 Å². The van der Waals surface area contributed by atoms with Gasteiger partial charge in [0.05, 0.1) is 0 Å². The number of rotatable bonds is 6. The molecule has 7 nitrogen and oxygen atoms in total. The summed E-state index contributed by atoms with van der Waals surface area (Å²) in [6, 6.07) is 18.2. The number of hydrogen-bond donors (Lipinski definition) is 2. The fourth-order valence-corrected chi connectivity index (χ4v) is 3.85. The van der Waals surface area contributed by atoms with E-state index in [4.69, 9.17) is 4.74 Å². The highest BCUT2D eigenvalue weighted by molar-refractivity contribution is 5.93. The molecule has 176 valence electrons. The summed E-state index contributed by atoms with van der Waals surface area (Å²) in [5.41, 5.74) is 1.06. The highest BCUT2D eigenvalue weighted by atomic mass is 16.6. The molecule has 0 saturated carbocycles. The third-order valence-electron chi connectivity index (χ3n) is 5.49. The number of anilines is 1. The van der Waals surface area contributed by atoms with Crippen LogP contribution in [0.1, 0.15) is 39.2 Å². The average Bonchev–Trinajstić information content (AvgIpc) is 2.78. The second kappa shape index (κ2) is 11.0. The van der Waals surface area contributed by atoms with Gasteiger partial charge in [0.15, 0.2) is 0 Å². The third-order valence-corrected chi connectivity index (χ3v) is 5.49. The molecule has 1 atom stereocenters. The number of nitrogens with zero attached hydrogens (tertiary/aromatic N) is 1. The quantitative estimate of drug-likeness (QED) is 0.695. The molecule has 7 heteroatoms. The number of carbonyl (C=O) groups excluding carboxylic acids is 3. The highest BCUT2D eigenvalue weighted by Crippen LogP contribution is 2.21. The summed E-state index contributed by atoms with van der Waals surface area (Å²) < 4.78 is 5.37.